The minimum Gasteiger partial charge on any atom is -0.743 e. The molecule has 23 nitrogen and oxygen atoms in total. The zero-order chi connectivity index (χ0) is 73.4. The number of carbonyl (C=O) groups is 6. The highest BCUT2D eigenvalue weighted by Crippen LogP contribution is 2.55. The number of nitriles is 2. The average Bonchev–Trinajstić information content (AvgIpc) is 1.56. The molecule has 0 radical (unpaired) electrons. The molecule has 102 heavy (non-hydrogen) atoms. The van der Waals surface area contributed by atoms with E-state index in [0.717, 1.165) is 22.3 Å². The van der Waals surface area contributed by atoms with Gasteiger partial charge in [0.2, 0.25) is 0 Å². The fourth-order valence-electron chi connectivity index (χ4n) is 12.8. The second-order valence-electron chi connectivity index (χ2n) is 25.6. The number of hydrogen-bond acceptors (Lipinski definition) is 23. The Morgan fingerprint density at radius 3 is 1.21 bits per heavy atom. The molecule has 0 spiro atoms. The largest absolute Gasteiger partial charge is 0.743 e. The van der Waals surface area contributed by atoms with Crippen LogP contribution in [0.3, 0.4) is 0 Å². The Morgan fingerprint density at radius 2 is 0.902 bits per heavy atom. The predicted molar refractivity (Wildman–Crippen MR) is 359 cm³/mol. The van der Waals surface area contributed by atoms with E-state index in [1.807, 2.05) is 58.0 Å². The summed E-state index contributed by atoms with van der Waals surface area (Å²) >= 11 is 0. The van der Waals surface area contributed by atoms with Crippen LogP contribution in [0.5, 0.6) is 11.5 Å². The van der Waals surface area contributed by atoms with Gasteiger partial charge in [-0.15, -0.1) is 0 Å². The Morgan fingerprint density at radius 1 is 0.569 bits per heavy atom. The predicted octanol–water partition coefficient (Wildman–Crippen LogP) is 11.3. The Kier molecular flexibility index (Phi) is 23.3. The lowest BCUT2D eigenvalue weighted by molar-refractivity contribution is -0.223. The summed E-state index contributed by atoms with van der Waals surface area (Å²) in [5, 5.41) is 21.3. The van der Waals surface area contributed by atoms with Crippen molar-refractivity contribution < 1.29 is 97.9 Å². The number of carbonyl (C=O) groups excluding carboxylic acids is 6. The normalized spacial score (nSPS) is 22.9. The summed E-state index contributed by atoms with van der Waals surface area (Å²) in [6.45, 7) is 9.85. The number of benzene rings is 6. The van der Waals surface area contributed by atoms with E-state index in [1.54, 1.807) is 13.0 Å². The van der Waals surface area contributed by atoms with Gasteiger partial charge in [0.25, 0.3) is 11.6 Å². The van der Waals surface area contributed by atoms with Crippen LogP contribution in [0.15, 0.2) is 185 Å². The molecule has 6 aromatic rings. The molecule has 10 atom stereocenters. The standard InChI is InChI=1S/2C29H27O6S.C16H22F2N4O7S/c2*1-18-13-23(36(21-9-5-3-6-10-21)22-11-7-4-8-12-22)14-19(2)26(18)32-17-25(30)34-29-16-20-15-24(27(29)33-20)28(31)35-29;1-4-28-12(23)5-7-14(2,9-19)21-22-15(3,10-20)8-6-13(24)29-11-16(17,18)30(25,26)27/h2*3-14,20,24,27H,15-17H2,1-2H3;4-8,11H2,1-3H3,(H,25,26,27)/q2*+1;/p-1. The molecule has 0 N–H and O–H groups in total. The molecule has 6 saturated heterocycles. The summed E-state index contributed by atoms with van der Waals surface area (Å²) in [6, 6.07) is 53.9. The number of alkyl halides is 2. The van der Waals surface area contributed by atoms with Crippen LogP contribution in [0.25, 0.3) is 0 Å². The van der Waals surface area contributed by atoms with Crippen molar-refractivity contribution in [2.75, 3.05) is 26.4 Å². The average molecular weight is 1460 g/mol. The van der Waals surface area contributed by atoms with Gasteiger partial charge in [-0.1, -0.05) is 72.8 Å². The topological polar surface area (TPSA) is 324 Å². The highest BCUT2D eigenvalue weighted by molar-refractivity contribution is 7.97. The molecule has 536 valence electrons. The van der Waals surface area contributed by atoms with Gasteiger partial charge in [-0.25, -0.2) is 18.0 Å². The fourth-order valence-corrected chi connectivity index (χ4v) is 17.6. The van der Waals surface area contributed by atoms with Gasteiger partial charge in [0.05, 0.1) is 77.4 Å². The molecule has 12 rings (SSSR count). The Bertz CT molecular complexity index is 4010. The molecule has 28 heteroatoms. The monoisotopic (exact) mass is 1460 g/mol. The first-order chi connectivity index (χ1) is 48.5. The summed E-state index contributed by atoms with van der Waals surface area (Å²) in [6.07, 6.45) is -0.302. The maximum Gasteiger partial charge on any atom is 0.367 e. The van der Waals surface area contributed by atoms with Gasteiger partial charge in [-0.3, -0.25) is 19.2 Å². The van der Waals surface area contributed by atoms with E-state index in [-0.39, 0.29) is 96.9 Å². The molecule has 4 bridgehead atoms. The van der Waals surface area contributed by atoms with Crippen molar-refractivity contribution in [2.45, 2.75) is 182 Å². The van der Waals surface area contributed by atoms with Crippen LogP contribution >= 0.6 is 0 Å². The van der Waals surface area contributed by atoms with E-state index in [0.29, 0.717) is 37.2 Å². The maximum atomic E-state index is 13.0. The molecule has 0 aliphatic carbocycles. The van der Waals surface area contributed by atoms with Crippen molar-refractivity contribution in [3.8, 4) is 23.6 Å². The lowest BCUT2D eigenvalue weighted by atomic mass is 9.88. The summed E-state index contributed by atoms with van der Waals surface area (Å²) in [4.78, 5) is 79.9. The second-order valence-corrected chi connectivity index (χ2v) is 31.2. The molecule has 6 heterocycles. The lowest BCUT2D eigenvalue weighted by Crippen LogP contribution is -2.44. The molecule has 6 aliphatic rings. The first-order valence-corrected chi connectivity index (χ1v) is 36.6. The van der Waals surface area contributed by atoms with Crippen molar-refractivity contribution in [1.29, 1.82) is 10.5 Å². The third-order valence-electron chi connectivity index (χ3n) is 17.7. The van der Waals surface area contributed by atoms with Crippen LogP contribution < -0.4 is 9.47 Å². The van der Waals surface area contributed by atoms with Gasteiger partial charge in [0.1, 0.15) is 23.7 Å². The highest BCUT2D eigenvalue weighted by Gasteiger charge is 2.71. The Labute approximate surface area is 594 Å². The van der Waals surface area contributed by atoms with Gasteiger partial charge in [0, 0.05) is 37.1 Å². The van der Waals surface area contributed by atoms with Crippen molar-refractivity contribution in [3.05, 3.63) is 168 Å². The van der Waals surface area contributed by atoms with Crippen LogP contribution in [0.2, 0.25) is 0 Å². The van der Waals surface area contributed by atoms with Crippen LogP contribution in [0, 0.1) is 62.2 Å². The smallest absolute Gasteiger partial charge is 0.367 e. The summed E-state index contributed by atoms with van der Waals surface area (Å²) < 4.78 is 111. The first-order valence-electron chi connectivity index (χ1n) is 32.8. The Hall–Kier alpha value is -9.29. The van der Waals surface area contributed by atoms with E-state index in [1.165, 1.54) is 43.2 Å². The SMILES string of the molecule is CCOC(=O)CCC(C)(C#N)N=NC(C)(C#N)CCC(=O)OCC(F)(F)S(=O)(=O)[O-].Cc1cc([S+](c2ccccc2)c2ccccc2)cc(C)c1OCC(=O)OC12CC3CC(C(=O)O1)C2O3.Cc1cc([S+](c2ccccc2)c2ccccc2)cc(C)c1OCC(=O)OC12CC3CC(C(=O)O1)C2O3. The third-order valence-corrected chi connectivity index (χ3v) is 22.9. The number of hydrogen-bond donors (Lipinski definition) is 0. The molecule has 0 saturated carbocycles. The van der Waals surface area contributed by atoms with Gasteiger partial charge >= 0.3 is 41.1 Å². The summed E-state index contributed by atoms with van der Waals surface area (Å²) in [5.41, 5.74) is 0.656. The van der Waals surface area contributed by atoms with Crippen LogP contribution in [-0.4, -0.2) is 128 Å². The van der Waals surface area contributed by atoms with Crippen molar-refractivity contribution in [2.24, 2.45) is 22.1 Å². The van der Waals surface area contributed by atoms with E-state index in [9.17, 15) is 61.0 Å². The zero-order valence-corrected chi connectivity index (χ0v) is 59.3. The Balaban J connectivity index is 0.000000166. The van der Waals surface area contributed by atoms with E-state index in [4.69, 9.17) is 42.6 Å². The molecule has 0 amide bonds. The molecular formula is C74H75F2N4O19S3+. The number of ether oxygens (including phenoxy) is 10. The number of azo groups is 1. The van der Waals surface area contributed by atoms with Crippen LogP contribution in [0.4, 0.5) is 8.78 Å². The lowest BCUT2D eigenvalue weighted by Gasteiger charge is -2.27. The minimum atomic E-state index is -6.00. The van der Waals surface area contributed by atoms with Gasteiger partial charge in [-0.05, 0) is 145 Å². The minimum absolute atomic E-state index is 0.0475. The first kappa shape index (κ1) is 75.4. The number of fused-ring (bicyclic) bond motifs is 2. The van der Waals surface area contributed by atoms with Gasteiger partial charge in [-0.2, -0.15) is 29.5 Å². The number of esters is 6. The van der Waals surface area contributed by atoms with E-state index in [2.05, 4.69) is 136 Å². The second kappa shape index (κ2) is 31.5. The summed E-state index contributed by atoms with van der Waals surface area (Å²) in [5.74, 6) is -5.62. The van der Waals surface area contributed by atoms with E-state index >= 15 is 0 Å². The molecule has 10 unspecified atom stereocenters. The van der Waals surface area contributed by atoms with Crippen molar-refractivity contribution >= 4 is 67.7 Å². The van der Waals surface area contributed by atoms with Crippen molar-refractivity contribution in [3.63, 3.8) is 0 Å². The van der Waals surface area contributed by atoms with Crippen LogP contribution in [0.1, 0.15) is 94.4 Å². The fraction of sp³-hybridized carbons (Fsp3) is 0.405. The highest BCUT2D eigenvalue weighted by atomic mass is 32.2. The van der Waals surface area contributed by atoms with Crippen LogP contribution in [-0.2, 0) is 98.6 Å². The molecule has 6 fully saturated rings. The number of halogens is 2. The van der Waals surface area contributed by atoms with Crippen molar-refractivity contribution in [1.82, 2.24) is 0 Å². The molecule has 0 aromatic heterocycles. The zero-order valence-electron chi connectivity index (χ0n) is 56.8. The molecular weight excluding hydrogens is 1380 g/mol. The molecule has 6 aliphatic heterocycles. The van der Waals surface area contributed by atoms with E-state index < -0.39 is 87.1 Å². The summed E-state index contributed by atoms with van der Waals surface area (Å²) in [7, 11) is -6.55. The van der Waals surface area contributed by atoms with Gasteiger partial charge in [0.15, 0.2) is 70.4 Å². The number of nitrogens with zero attached hydrogens (tertiary/aromatic N) is 4. The number of rotatable bonds is 26. The molecule has 6 aromatic carbocycles. The number of aryl methyl sites for hydroxylation is 4. The van der Waals surface area contributed by atoms with Gasteiger partial charge < -0.3 is 51.9 Å². The quantitative estimate of drug-likeness (QED) is 0.0160. The third kappa shape index (κ3) is 17.3. The maximum absolute atomic E-state index is 13.0.